The van der Waals surface area contributed by atoms with Gasteiger partial charge in [0.25, 0.3) is 0 Å². The third kappa shape index (κ3) is 3.02. The first-order valence-electron chi connectivity index (χ1n) is 9.53. The maximum Gasteiger partial charge on any atom is 0.232 e. The van der Waals surface area contributed by atoms with Crippen LogP contribution in [-0.4, -0.2) is 39.2 Å². The summed E-state index contributed by atoms with van der Waals surface area (Å²) in [5, 5.41) is 5.38. The lowest BCUT2D eigenvalue weighted by Gasteiger charge is -2.41. The van der Waals surface area contributed by atoms with E-state index < -0.39 is 0 Å². The Balaban J connectivity index is 1.55. The van der Waals surface area contributed by atoms with Crippen LogP contribution in [0.4, 0.5) is 0 Å². The van der Waals surface area contributed by atoms with Gasteiger partial charge in [-0.25, -0.2) is 0 Å². The molecule has 2 aliphatic heterocycles. The summed E-state index contributed by atoms with van der Waals surface area (Å²) in [6.07, 6.45) is 5.10. The molecule has 0 aliphatic carbocycles. The normalized spacial score (nSPS) is 27.2. The molecular weight excluding hydrogens is 395 g/mol. The van der Waals surface area contributed by atoms with E-state index in [9.17, 15) is 0 Å². The molecule has 7 heteroatoms. The van der Waals surface area contributed by atoms with Crippen LogP contribution in [0.1, 0.15) is 42.6 Å². The molecule has 4 heterocycles. The summed E-state index contributed by atoms with van der Waals surface area (Å²) < 4.78 is 5.78. The average molecular weight is 415 g/mol. The highest BCUT2D eigenvalue weighted by atomic mass is 35.5. The number of likely N-dealkylation sites (N-methyl/N-ethyl adjacent to an activating group) is 1. The summed E-state index contributed by atoms with van der Waals surface area (Å²) >= 11 is 12.5. The van der Waals surface area contributed by atoms with Crippen LogP contribution in [-0.2, 0) is 0 Å². The average Bonchev–Trinajstić information content (AvgIpc) is 3.28. The predicted molar refractivity (Wildman–Crippen MR) is 109 cm³/mol. The van der Waals surface area contributed by atoms with E-state index in [1.54, 1.807) is 6.20 Å². The van der Waals surface area contributed by atoms with Crippen molar-refractivity contribution in [2.75, 3.05) is 7.05 Å². The fourth-order valence-electron chi connectivity index (χ4n) is 4.86. The minimum atomic E-state index is 0.117. The van der Waals surface area contributed by atoms with Gasteiger partial charge in [-0.3, -0.25) is 9.88 Å². The Morgan fingerprint density at radius 1 is 1.11 bits per heavy atom. The highest BCUT2D eigenvalue weighted by molar-refractivity contribution is 6.42. The molecule has 2 aliphatic rings. The van der Waals surface area contributed by atoms with Crippen LogP contribution >= 0.6 is 23.2 Å². The molecule has 2 aromatic heterocycles. The van der Waals surface area contributed by atoms with E-state index in [-0.39, 0.29) is 11.8 Å². The first-order chi connectivity index (χ1) is 13.6. The van der Waals surface area contributed by atoms with Crippen molar-refractivity contribution in [2.45, 2.75) is 43.2 Å². The number of piperidine rings is 1. The van der Waals surface area contributed by atoms with E-state index in [1.807, 2.05) is 30.3 Å². The van der Waals surface area contributed by atoms with Crippen LogP contribution in [0.15, 0.2) is 47.1 Å². The smallest absolute Gasteiger partial charge is 0.232 e. The number of aromatic nitrogens is 3. The number of rotatable bonds is 3. The molecule has 2 fully saturated rings. The minimum absolute atomic E-state index is 0.117. The summed E-state index contributed by atoms with van der Waals surface area (Å²) in [5.41, 5.74) is 1.90. The Bertz CT molecular complexity index is 993. The maximum atomic E-state index is 6.33. The number of hydrogen-bond acceptors (Lipinski definition) is 5. The van der Waals surface area contributed by atoms with Crippen molar-refractivity contribution in [1.29, 1.82) is 0 Å². The van der Waals surface area contributed by atoms with Crippen molar-refractivity contribution < 1.29 is 4.52 Å². The molecule has 0 saturated carbocycles. The molecule has 0 radical (unpaired) electrons. The van der Waals surface area contributed by atoms with Gasteiger partial charge in [0.15, 0.2) is 0 Å². The zero-order valence-corrected chi connectivity index (χ0v) is 16.9. The standard InChI is InChI=1S/C21H20Cl2N4O/c1-27-13-6-8-18(27)19(14(11-13)12-5-7-15(22)16(23)10-12)21-25-20(26-28-21)17-4-2-3-9-24-17/h2-5,7,9-10,13-14,18-19H,6,8,11H2,1H3/t13-,14+,18+,19-/m1/s1. The van der Waals surface area contributed by atoms with Crippen molar-refractivity contribution in [3.05, 3.63) is 64.1 Å². The van der Waals surface area contributed by atoms with Crippen molar-refractivity contribution in [3.63, 3.8) is 0 Å². The van der Waals surface area contributed by atoms with Crippen LogP contribution < -0.4 is 0 Å². The van der Waals surface area contributed by atoms with Crippen LogP contribution in [0.5, 0.6) is 0 Å². The molecule has 28 heavy (non-hydrogen) atoms. The Labute approximate surface area is 173 Å². The highest BCUT2D eigenvalue weighted by Gasteiger charge is 2.49. The topological polar surface area (TPSA) is 55.1 Å². The van der Waals surface area contributed by atoms with Crippen molar-refractivity contribution >= 4 is 23.2 Å². The fourth-order valence-corrected chi connectivity index (χ4v) is 5.17. The first-order valence-corrected chi connectivity index (χ1v) is 10.3. The summed E-state index contributed by atoms with van der Waals surface area (Å²) in [6, 6.07) is 12.6. The number of pyridine rings is 1. The third-order valence-corrected chi connectivity index (χ3v) is 7.00. The van der Waals surface area contributed by atoms with Crippen molar-refractivity contribution in [2.24, 2.45) is 0 Å². The Kier molecular flexibility index (Phi) is 4.62. The number of halogens is 2. The van der Waals surface area contributed by atoms with E-state index in [0.717, 1.165) is 18.5 Å². The van der Waals surface area contributed by atoms with Gasteiger partial charge in [-0.2, -0.15) is 4.98 Å². The van der Waals surface area contributed by atoms with Gasteiger partial charge in [0.2, 0.25) is 11.7 Å². The van der Waals surface area contributed by atoms with Crippen LogP contribution in [0.2, 0.25) is 10.0 Å². The second kappa shape index (κ2) is 7.14. The molecule has 2 bridgehead atoms. The largest absolute Gasteiger partial charge is 0.339 e. The number of hydrogen-bond donors (Lipinski definition) is 0. The lowest BCUT2D eigenvalue weighted by Crippen LogP contribution is -2.44. The summed E-state index contributed by atoms with van der Waals surface area (Å²) in [7, 11) is 2.20. The van der Waals surface area contributed by atoms with E-state index in [4.69, 9.17) is 32.7 Å². The van der Waals surface area contributed by atoms with Crippen molar-refractivity contribution in [1.82, 2.24) is 20.0 Å². The second-order valence-corrected chi connectivity index (χ2v) is 8.49. The van der Waals surface area contributed by atoms with Gasteiger partial charge in [-0.15, -0.1) is 0 Å². The molecule has 0 N–H and O–H groups in total. The number of fused-ring (bicyclic) bond motifs is 2. The fraction of sp³-hybridized carbons (Fsp3) is 0.381. The van der Waals surface area contributed by atoms with Crippen LogP contribution in [0, 0.1) is 0 Å². The summed E-state index contributed by atoms with van der Waals surface area (Å²) in [6.45, 7) is 0. The van der Waals surface area contributed by atoms with Gasteiger partial charge in [0.05, 0.1) is 16.0 Å². The Morgan fingerprint density at radius 2 is 2.00 bits per heavy atom. The van der Waals surface area contributed by atoms with Gasteiger partial charge in [0.1, 0.15) is 5.69 Å². The molecule has 0 amide bonds. The third-order valence-electron chi connectivity index (χ3n) is 6.26. The number of benzene rings is 1. The Hall–Kier alpha value is -1.95. The monoisotopic (exact) mass is 414 g/mol. The first kappa shape index (κ1) is 18.1. The van der Waals surface area contributed by atoms with E-state index in [2.05, 4.69) is 28.2 Å². The lowest BCUT2D eigenvalue weighted by atomic mass is 9.76. The Morgan fingerprint density at radius 3 is 2.79 bits per heavy atom. The lowest BCUT2D eigenvalue weighted by molar-refractivity contribution is 0.120. The highest BCUT2D eigenvalue weighted by Crippen LogP contribution is 2.51. The summed E-state index contributed by atoms with van der Waals surface area (Å²) in [5.74, 6) is 1.59. The molecule has 2 saturated heterocycles. The molecular formula is C21H20Cl2N4O. The van der Waals surface area contributed by atoms with Crippen molar-refractivity contribution in [3.8, 4) is 11.5 Å². The van der Waals surface area contributed by atoms with Gasteiger partial charge >= 0.3 is 0 Å². The summed E-state index contributed by atoms with van der Waals surface area (Å²) in [4.78, 5) is 11.6. The number of nitrogens with zero attached hydrogens (tertiary/aromatic N) is 4. The van der Waals surface area contributed by atoms with Gasteiger partial charge < -0.3 is 4.52 Å². The zero-order valence-electron chi connectivity index (χ0n) is 15.4. The van der Waals surface area contributed by atoms with Gasteiger partial charge in [-0.05, 0) is 62.1 Å². The minimum Gasteiger partial charge on any atom is -0.339 e. The SMILES string of the molecule is CN1[C@@H]2CC[C@H]1[C@H](c1nc(-c3ccccn3)no1)[C@H](c1ccc(Cl)c(Cl)c1)C2. The molecule has 4 atom stereocenters. The molecule has 0 unspecified atom stereocenters. The van der Waals surface area contributed by atoms with Crippen LogP contribution in [0.25, 0.3) is 11.5 Å². The van der Waals surface area contributed by atoms with E-state index in [1.165, 1.54) is 12.0 Å². The van der Waals surface area contributed by atoms with Gasteiger partial charge in [0, 0.05) is 18.3 Å². The zero-order chi connectivity index (χ0) is 19.3. The maximum absolute atomic E-state index is 6.33. The van der Waals surface area contributed by atoms with Crippen LogP contribution in [0.3, 0.4) is 0 Å². The van der Waals surface area contributed by atoms with E-state index >= 15 is 0 Å². The molecule has 144 valence electrons. The molecule has 0 spiro atoms. The molecule has 1 aromatic carbocycles. The molecule has 3 aromatic rings. The van der Waals surface area contributed by atoms with E-state index in [0.29, 0.717) is 33.8 Å². The van der Waals surface area contributed by atoms with Gasteiger partial charge in [-0.1, -0.05) is 40.5 Å². The second-order valence-electron chi connectivity index (χ2n) is 7.68. The predicted octanol–water partition coefficient (Wildman–Crippen LogP) is 5.17. The molecule has 5 nitrogen and oxygen atoms in total. The molecule has 5 rings (SSSR count). The quantitative estimate of drug-likeness (QED) is 0.591.